The molecule has 0 atom stereocenters. The monoisotopic (exact) mass is 840 g/mol. The summed E-state index contributed by atoms with van der Waals surface area (Å²) in [6.07, 6.45) is 2.17. The molecule has 0 saturated heterocycles. The summed E-state index contributed by atoms with van der Waals surface area (Å²) in [5.41, 5.74) is 8.15. The number of hydrogen-bond acceptors (Lipinski definition) is 0. The SMILES string of the molecule is CCc1cc2c(-c3cccc4ccccc34)cccc2[cH-]1.CCc1cc2c(-c3cccc4ccccc34)cccc2[cH-]1.Cl.Cl.[Si]=[Ti].[c-]1ccccc1.[c-]1ccccc1. The fraction of sp³-hybridized carbons (Fsp3) is 0.0741. The van der Waals surface area contributed by atoms with E-state index in [-0.39, 0.29) is 24.8 Å². The fourth-order valence-corrected chi connectivity index (χ4v) is 7.08. The van der Waals surface area contributed by atoms with E-state index in [0.29, 0.717) is 0 Å². The van der Waals surface area contributed by atoms with Crippen LogP contribution >= 0.6 is 24.8 Å². The molecular weight excluding hydrogens is 795 g/mol. The number of aryl methyl sites for hydroxylation is 2. The maximum absolute atomic E-state index is 2.97. The average molecular weight is 842 g/mol. The minimum Gasteiger partial charge on any atom is -0.184 e. The number of hydrogen-bond donors (Lipinski definition) is 0. The normalized spacial score (nSPS) is 9.88. The van der Waals surface area contributed by atoms with Crippen molar-refractivity contribution < 1.29 is 19.2 Å². The van der Waals surface area contributed by atoms with Crippen LogP contribution < -0.4 is 0 Å². The Morgan fingerprint density at radius 1 is 0.397 bits per heavy atom. The van der Waals surface area contributed by atoms with Gasteiger partial charge in [-0.3, -0.25) is 0 Å². The van der Waals surface area contributed by atoms with Crippen LogP contribution in [0.2, 0.25) is 0 Å². The predicted octanol–water partition coefficient (Wildman–Crippen LogP) is 15.3. The Bertz CT molecular complexity index is 2460. The summed E-state index contributed by atoms with van der Waals surface area (Å²) in [6, 6.07) is 77.9. The third kappa shape index (κ3) is 11.6. The zero-order valence-corrected chi connectivity index (χ0v) is 37.1. The van der Waals surface area contributed by atoms with Crippen molar-refractivity contribution in [1.29, 1.82) is 0 Å². The summed E-state index contributed by atoms with van der Waals surface area (Å²) in [7, 11) is 2.97. The van der Waals surface area contributed by atoms with Crippen LogP contribution in [0.1, 0.15) is 25.0 Å². The van der Waals surface area contributed by atoms with Crippen LogP contribution in [0.5, 0.6) is 0 Å². The molecule has 0 fully saturated rings. The van der Waals surface area contributed by atoms with Crippen LogP contribution in [-0.2, 0) is 32.0 Å². The van der Waals surface area contributed by atoms with E-state index in [9.17, 15) is 0 Å². The molecule has 4 heteroatoms. The molecular formula is C54H46Cl2SiTi-4. The van der Waals surface area contributed by atoms with Crippen molar-refractivity contribution in [2.45, 2.75) is 26.7 Å². The van der Waals surface area contributed by atoms with Crippen LogP contribution in [0.3, 0.4) is 0 Å². The minimum atomic E-state index is 0. The van der Waals surface area contributed by atoms with E-state index in [4.69, 9.17) is 0 Å². The first kappa shape index (κ1) is 45.7. The molecule has 0 bridgehead atoms. The fourth-order valence-electron chi connectivity index (χ4n) is 7.08. The van der Waals surface area contributed by atoms with E-state index in [1.54, 1.807) is 19.2 Å². The van der Waals surface area contributed by atoms with E-state index >= 15 is 0 Å². The van der Waals surface area contributed by atoms with E-state index in [0.717, 1.165) is 12.8 Å². The van der Waals surface area contributed by atoms with Gasteiger partial charge < -0.3 is 0 Å². The molecule has 0 N–H and O–H groups in total. The van der Waals surface area contributed by atoms with Crippen molar-refractivity contribution >= 4 is 75.5 Å². The number of rotatable bonds is 4. The third-order valence-electron chi connectivity index (χ3n) is 9.81. The van der Waals surface area contributed by atoms with Crippen LogP contribution in [0.4, 0.5) is 0 Å². The van der Waals surface area contributed by atoms with Crippen LogP contribution in [0.25, 0.3) is 65.3 Å². The Morgan fingerprint density at radius 3 is 1.05 bits per heavy atom. The second-order valence-electron chi connectivity index (χ2n) is 13.3. The van der Waals surface area contributed by atoms with E-state index in [1.807, 2.05) is 60.7 Å². The van der Waals surface area contributed by atoms with Gasteiger partial charge in [0, 0.05) is 0 Å². The molecule has 10 aromatic rings. The zero-order chi connectivity index (χ0) is 39.0. The molecule has 0 aliphatic rings. The third-order valence-corrected chi connectivity index (χ3v) is 9.81. The summed E-state index contributed by atoms with van der Waals surface area (Å²) >= 11 is 1.81. The molecule has 0 heterocycles. The first-order chi connectivity index (χ1) is 27.7. The van der Waals surface area contributed by atoms with Gasteiger partial charge in [-0.25, -0.2) is 0 Å². The maximum Gasteiger partial charge on any atom is -0.171 e. The van der Waals surface area contributed by atoms with Gasteiger partial charge in [-0.05, 0) is 45.5 Å². The summed E-state index contributed by atoms with van der Waals surface area (Å²) in [4.78, 5) is 0. The van der Waals surface area contributed by atoms with E-state index in [2.05, 4.69) is 179 Å². The molecule has 0 aliphatic heterocycles. The van der Waals surface area contributed by atoms with Crippen LogP contribution in [0.15, 0.2) is 206 Å². The molecule has 0 unspecified atom stereocenters. The smallest absolute Gasteiger partial charge is 0.171 e. The summed E-state index contributed by atoms with van der Waals surface area (Å²) < 4.78 is 0. The Kier molecular flexibility index (Phi) is 19.0. The van der Waals surface area contributed by atoms with E-state index < -0.39 is 0 Å². The quantitative estimate of drug-likeness (QED) is 0.122. The summed E-state index contributed by atoms with van der Waals surface area (Å²) in [5, 5.41) is 10.7. The standard InChI is InChI=1S/2C21H17.2C6H5.2ClH.Si.Ti/c2*1-2-15-13-17-9-6-12-20(21(17)14-15)19-11-5-8-16-7-3-4-10-18(16)19;2*1-2-4-6-5-3-1;;;;/h2*3-14H,2H2,1H3;2*1-5H;2*1H;;/q4*-1;;;;. The van der Waals surface area contributed by atoms with Gasteiger partial charge in [0.05, 0.1) is 0 Å². The van der Waals surface area contributed by atoms with Gasteiger partial charge >= 0.3 is 26.8 Å². The Labute approximate surface area is 370 Å². The second-order valence-corrected chi connectivity index (χ2v) is 13.3. The Morgan fingerprint density at radius 2 is 0.724 bits per heavy atom. The predicted molar refractivity (Wildman–Crippen MR) is 255 cm³/mol. The number of benzene rings is 8. The average Bonchev–Trinajstić information content (AvgIpc) is 3.93. The molecule has 0 aliphatic carbocycles. The molecule has 58 heavy (non-hydrogen) atoms. The Hall–Kier alpha value is -4.99. The summed E-state index contributed by atoms with van der Waals surface area (Å²) in [5.74, 6) is 0. The van der Waals surface area contributed by atoms with Crippen molar-refractivity contribution in [2.75, 3.05) is 0 Å². The number of halogens is 2. The number of fused-ring (bicyclic) bond motifs is 4. The zero-order valence-electron chi connectivity index (χ0n) is 32.9. The topological polar surface area (TPSA) is 0 Å². The van der Waals surface area contributed by atoms with Crippen molar-refractivity contribution in [3.63, 3.8) is 0 Å². The summed E-state index contributed by atoms with van der Waals surface area (Å²) in [6.45, 7) is 4.43. The van der Waals surface area contributed by atoms with Gasteiger partial charge in [0.1, 0.15) is 0 Å². The van der Waals surface area contributed by atoms with Crippen molar-refractivity contribution in [1.82, 2.24) is 0 Å². The molecule has 2 radical (unpaired) electrons. The molecule has 0 saturated carbocycles. The second kappa shape index (κ2) is 24.1. The van der Waals surface area contributed by atoms with Crippen molar-refractivity contribution in [2.24, 2.45) is 0 Å². The molecule has 0 amide bonds. The van der Waals surface area contributed by atoms with Gasteiger partial charge in [0.25, 0.3) is 0 Å². The van der Waals surface area contributed by atoms with Crippen molar-refractivity contribution in [3.8, 4) is 22.3 Å². The molecule has 10 aromatic carbocycles. The largest absolute Gasteiger partial charge is 0.184 e. The van der Waals surface area contributed by atoms with Gasteiger partial charge in [0.15, 0.2) is 0 Å². The molecule has 0 nitrogen and oxygen atoms in total. The van der Waals surface area contributed by atoms with Crippen molar-refractivity contribution in [3.05, 3.63) is 230 Å². The van der Waals surface area contributed by atoms with Gasteiger partial charge in [-0.2, -0.15) is 84.9 Å². The minimum absolute atomic E-state index is 0. The van der Waals surface area contributed by atoms with E-state index in [1.165, 1.54) is 76.5 Å². The first-order valence-corrected chi connectivity index (χ1v) is 22.0. The van der Waals surface area contributed by atoms with Crippen LogP contribution in [0, 0.1) is 12.1 Å². The maximum atomic E-state index is 2.97. The Balaban J connectivity index is 0.000000189. The van der Waals surface area contributed by atoms with Crippen LogP contribution in [-0.4, -0.2) is 7.63 Å². The first-order valence-electron chi connectivity index (χ1n) is 19.1. The molecule has 0 aromatic heterocycles. The van der Waals surface area contributed by atoms with Gasteiger partial charge in [0.2, 0.25) is 0 Å². The van der Waals surface area contributed by atoms with Gasteiger partial charge in [-0.1, -0.05) is 122 Å². The molecule has 10 rings (SSSR count). The molecule has 0 spiro atoms. The molecule has 288 valence electrons. The van der Waals surface area contributed by atoms with Gasteiger partial charge in [-0.15, -0.1) is 93.9 Å².